The fraction of sp³-hybridized carbons (Fsp3) is 0.300. The van der Waals surface area contributed by atoms with Crippen LogP contribution >= 0.6 is 26.6 Å². The standard InChI is InChI=1S/C10H11BrClNO4S/c1-17-5-4-13-10(14)7-2-3-8(11)9(6-7)18(12,15)16/h2-3,6H,4-5H2,1H3,(H,13,14). The first-order chi connectivity index (χ1) is 8.36. The molecule has 0 saturated heterocycles. The zero-order valence-electron chi connectivity index (χ0n) is 9.44. The number of ether oxygens (including phenoxy) is 1. The highest BCUT2D eigenvalue weighted by Gasteiger charge is 2.17. The van der Waals surface area contributed by atoms with Crippen LogP contribution in [0.3, 0.4) is 0 Å². The van der Waals surface area contributed by atoms with Crippen LogP contribution in [0.2, 0.25) is 0 Å². The lowest BCUT2D eigenvalue weighted by Crippen LogP contribution is -2.27. The summed E-state index contributed by atoms with van der Waals surface area (Å²) < 4.78 is 27.6. The molecule has 0 aliphatic rings. The van der Waals surface area contributed by atoms with Crippen molar-refractivity contribution in [2.75, 3.05) is 20.3 Å². The van der Waals surface area contributed by atoms with Gasteiger partial charge in [0.2, 0.25) is 0 Å². The Bertz CT molecular complexity index is 547. The quantitative estimate of drug-likeness (QED) is 0.644. The fourth-order valence-corrected chi connectivity index (χ4v) is 3.32. The Morgan fingerprint density at radius 2 is 2.17 bits per heavy atom. The van der Waals surface area contributed by atoms with Crippen molar-refractivity contribution >= 4 is 41.6 Å². The number of halogens is 2. The van der Waals surface area contributed by atoms with E-state index in [0.717, 1.165) is 0 Å². The van der Waals surface area contributed by atoms with E-state index in [1.54, 1.807) is 0 Å². The normalized spacial score (nSPS) is 11.3. The van der Waals surface area contributed by atoms with Crippen molar-refractivity contribution in [1.29, 1.82) is 0 Å². The lowest BCUT2D eigenvalue weighted by atomic mass is 10.2. The third-order valence-corrected chi connectivity index (χ3v) is 4.36. The first kappa shape index (κ1) is 15.4. The van der Waals surface area contributed by atoms with E-state index in [4.69, 9.17) is 15.4 Å². The molecule has 0 radical (unpaired) electrons. The molecule has 0 aliphatic carbocycles. The highest BCUT2D eigenvalue weighted by Crippen LogP contribution is 2.26. The maximum absolute atomic E-state index is 11.7. The van der Waals surface area contributed by atoms with Crippen LogP contribution < -0.4 is 5.32 Å². The summed E-state index contributed by atoms with van der Waals surface area (Å²) in [4.78, 5) is 11.6. The predicted octanol–water partition coefficient (Wildman–Crippen LogP) is 1.75. The number of rotatable bonds is 5. The van der Waals surface area contributed by atoms with Crippen LogP contribution in [0, 0.1) is 0 Å². The Morgan fingerprint density at radius 1 is 1.50 bits per heavy atom. The minimum absolute atomic E-state index is 0.136. The molecule has 0 saturated carbocycles. The molecular weight excluding hydrogens is 346 g/mol. The van der Waals surface area contributed by atoms with Gasteiger partial charge in [0.05, 0.1) is 11.5 Å². The molecule has 8 heteroatoms. The lowest BCUT2D eigenvalue weighted by Gasteiger charge is -2.06. The van der Waals surface area contributed by atoms with Gasteiger partial charge in [-0.3, -0.25) is 4.79 Å². The molecule has 0 aliphatic heterocycles. The van der Waals surface area contributed by atoms with Crippen LogP contribution in [-0.2, 0) is 13.8 Å². The van der Waals surface area contributed by atoms with Gasteiger partial charge < -0.3 is 10.1 Å². The molecule has 0 spiro atoms. The van der Waals surface area contributed by atoms with E-state index in [1.807, 2.05) is 0 Å². The average Bonchev–Trinajstić information content (AvgIpc) is 2.28. The first-order valence-electron chi connectivity index (χ1n) is 4.87. The second-order valence-corrected chi connectivity index (χ2v) is 6.72. The Kier molecular flexibility index (Phi) is 5.58. The van der Waals surface area contributed by atoms with E-state index in [1.165, 1.54) is 25.3 Å². The molecule has 0 unspecified atom stereocenters. The van der Waals surface area contributed by atoms with E-state index < -0.39 is 9.05 Å². The number of carbonyl (C=O) groups excluding carboxylic acids is 1. The van der Waals surface area contributed by atoms with Crippen molar-refractivity contribution in [2.45, 2.75) is 4.90 Å². The molecule has 18 heavy (non-hydrogen) atoms. The zero-order valence-corrected chi connectivity index (χ0v) is 12.6. The Hall–Kier alpha value is -0.630. The van der Waals surface area contributed by atoms with Gasteiger partial charge >= 0.3 is 0 Å². The maximum Gasteiger partial charge on any atom is 0.262 e. The second kappa shape index (κ2) is 6.51. The number of amides is 1. The topological polar surface area (TPSA) is 72.5 Å². The summed E-state index contributed by atoms with van der Waals surface area (Å²) in [7, 11) is 2.88. The van der Waals surface area contributed by atoms with Crippen molar-refractivity contribution in [3.05, 3.63) is 28.2 Å². The summed E-state index contributed by atoms with van der Waals surface area (Å²) in [6, 6.07) is 4.17. The number of benzene rings is 1. The summed E-state index contributed by atoms with van der Waals surface area (Å²) in [5.74, 6) is -0.388. The number of hydrogen-bond donors (Lipinski definition) is 1. The molecule has 100 valence electrons. The van der Waals surface area contributed by atoms with Gasteiger partial charge in [0, 0.05) is 34.4 Å². The molecule has 0 fully saturated rings. The zero-order chi connectivity index (χ0) is 13.8. The van der Waals surface area contributed by atoms with Crippen LogP contribution in [0.1, 0.15) is 10.4 Å². The van der Waals surface area contributed by atoms with Crippen molar-refractivity contribution in [1.82, 2.24) is 5.32 Å². The van der Waals surface area contributed by atoms with Crippen LogP contribution in [0.5, 0.6) is 0 Å². The van der Waals surface area contributed by atoms with Gasteiger partial charge in [0.15, 0.2) is 0 Å². The SMILES string of the molecule is COCCNC(=O)c1ccc(Br)c(S(=O)(=O)Cl)c1. The van der Waals surface area contributed by atoms with Crippen molar-refractivity contribution in [3.63, 3.8) is 0 Å². The van der Waals surface area contributed by atoms with Crippen LogP contribution in [-0.4, -0.2) is 34.6 Å². The highest BCUT2D eigenvalue weighted by molar-refractivity contribution is 9.10. The smallest absolute Gasteiger partial charge is 0.262 e. The fourth-order valence-electron chi connectivity index (χ4n) is 1.20. The van der Waals surface area contributed by atoms with Gasteiger partial charge in [-0.2, -0.15) is 0 Å². The van der Waals surface area contributed by atoms with Gasteiger partial charge in [-0.1, -0.05) is 0 Å². The summed E-state index contributed by atoms with van der Waals surface area (Å²) in [5, 5.41) is 2.58. The largest absolute Gasteiger partial charge is 0.383 e. The Labute approximate surface area is 118 Å². The van der Waals surface area contributed by atoms with Crippen LogP contribution in [0.4, 0.5) is 0 Å². The number of hydrogen-bond acceptors (Lipinski definition) is 4. The monoisotopic (exact) mass is 355 g/mol. The summed E-state index contributed by atoms with van der Waals surface area (Å²) >= 11 is 3.06. The Balaban J connectivity index is 2.95. The van der Waals surface area contributed by atoms with Gasteiger partial charge in [-0.15, -0.1) is 0 Å². The van der Waals surface area contributed by atoms with Crippen LogP contribution in [0.15, 0.2) is 27.6 Å². The van der Waals surface area contributed by atoms with Gasteiger partial charge in [0.25, 0.3) is 15.0 Å². The van der Waals surface area contributed by atoms with Crippen molar-refractivity contribution in [3.8, 4) is 0 Å². The van der Waals surface area contributed by atoms with Crippen LogP contribution in [0.25, 0.3) is 0 Å². The van der Waals surface area contributed by atoms with E-state index >= 15 is 0 Å². The molecular formula is C10H11BrClNO4S. The number of methoxy groups -OCH3 is 1. The molecule has 1 rings (SSSR count). The minimum atomic E-state index is -3.89. The molecule has 0 atom stereocenters. The summed E-state index contributed by atoms with van der Waals surface area (Å²) in [6.45, 7) is 0.720. The minimum Gasteiger partial charge on any atom is -0.383 e. The van der Waals surface area contributed by atoms with Crippen molar-refractivity contribution in [2.24, 2.45) is 0 Å². The first-order valence-corrected chi connectivity index (χ1v) is 7.98. The second-order valence-electron chi connectivity index (χ2n) is 3.33. The van der Waals surface area contributed by atoms with E-state index in [-0.39, 0.29) is 16.4 Å². The van der Waals surface area contributed by atoms with E-state index in [2.05, 4.69) is 21.2 Å². The third kappa shape index (κ3) is 4.24. The predicted molar refractivity (Wildman–Crippen MR) is 71.4 cm³/mol. The molecule has 1 amide bonds. The molecule has 1 aromatic carbocycles. The van der Waals surface area contributed by atoms with Crippen molar-refractivity contribution < 1.29 is 17.9 Å². The third-order valence-electron chi connectivity index (χ3n) is 2.05. The summed E-state index contributed by atoms with van der Waals surface area (Å²) in [6.07, 6.45) is 0. The average molecular weight is 357 g/mol. The van der Waals surface area contributed by atoms with Gasteiger partial charge in [-0.25, -0.2) is 8.42 Å². The number of carbonyl (C=O) groups is 1. The molecule has 0 heterocycles. The Morgan fingerprint density at radius 3 is 2.72 bits per heavy atom. The summed E-state index contributed by atoms with van der Waals surface area (Å²) in [5.41, 5.74) is 0.216. The maximum atomic E-state index is 11.7. The van der Waals surface area contributed by atoms with E-state index in [9.17, 15) is 13.2 Å². The molecule has 0 bridgehead atoms. The van der Waals surface area contributed by atoms with Gasteiger partial charge in [-0.05, 0) is 34.1 Å². The molecule has 1 N–H and O–H groups in total. The molecule has 0 aromatic heterocycles. The molecule has 1 aromatic rings. The molecule has 5 nitrogen and oxygen atoms in total. The lowest BCUT2D eigenvalue weighted by molar-refractivity contribution is 0.0937. The highest BCUT2D eigenvalue weighted by atomic mass is 79.9. The van der Waals surface area contributed by atoms with Gasteiger partial charge in [0.1, 0.15) is 0 Å². The number of nitrogens with one attached hydrogen (secondary N) is 1. The van der Waals surface area contributed by atoms with E-state index in [0.29, 0.717) is 17.6 Å².